The van der Waals surface area contributed by atoms with Gasteiger partial charge in [-0.2, -0.15) is 0 Å². The number of sulfone groups is 1. The summed E-state index contributed by atoms with van der Waals surface area (Å²) in [5.41, 5.74) is -0.0791. The summed E-state index contributed by atoms with van der Waals surface area (Å²) < 4.78 is 29.0. The van der Waals surface area contributed by atoms with Crippen LogP contribution in [0.25, 0.3) is 0 Å². The lowest BCUT2D eigenvalue weighted by Gasteiger charge is -2.34. The van der Waals surface area contributed by atoms with Crippen molar-refractivity contribution in [2.75, 3.05) is 24.7 Å². The first-order valence-electron chi connectivity index (χ1n) is 6.87. The molecule has 5 heteroatoms. The average Bonchev–Trinajstić information content (AvgIpc) is 2.44. The second-order valence-corrected chi connectivity index (χ2v) is 8.67. The van der Waals surface area contributed by atoms with Crippen LogP contribution in [0.5, 0.6) is 0 Å². The van der Waals surface area contributed by atoms with Gasteiger partial charge in [0.1, 0.15) is 0 Å². The molecular formula is C13H25NO3S. The molecule has 2 bridgehead atoms. The summed E-state index contributed by atoms with van der Waals surface area (Å²) in [4.78, 5) is 2.40. The molecule has 0 aromatic carbocycles. The molecule has 2 aliphatic heterocycles. The lowest BCUT2D eigenvalue weighted by atomic mass is 10.2. The smallest absolute Gasteiger partial charge is 0.153 e. The first-order chi connectivity index (χ1) is 8.27. The fourth-order valence-corrected chi connectivity index (χ4v) is 5.04. The van der Waals surface area contributed by atoms with Crippen molar-refractivity contribution in [3.8, 4) is 0 Å². The highest BCUT2D eigenvalue weighted by Crippen LogP contribution is 2.31. The van der Waals surface area contributed by atoms with Crippen molar-refractivity contribution in [2.45, 2.75) is 57.7 Å². The van der Waals surface area contributed by atoms with Crippen LogP contribution in [0, 0.1) is 0 Å². The number of hydrogen-bond donors (Lipinski definition) is 0. The summed E-state index contributed by atoms with van der Waals surface area (Å²) in [6.07, 6.45) is 3.08. The van der Waals surface area contributed by atoms with Gasteiger partial charge in [-0.15, -0.1) is 0 Å². The maximum Gasteiger partial charge on any atom is 0.153 e. The molecule has 2 atom stereocenters. The van der Waals surface area contributed by atoms with Gasteiger partial charge < -0.3 is 4.74 Å². The number of hydrogen-bond acceptors (Lipinski definition) is 4. The van der Waals surface area contributed by atoms with E-state index < -0.39 is 9.84 Å². The summed E-state index contributed by atoms with van der Waals surface area (Å²) in [5.74, 6) is 0.729. The number of nitrogens with zero attached hydrogens (tertiary/aromatic N) is 1. The van der Waals surface area contributed by atoms with Gasteiger partial charge in [-0.25, -0.2) is 8.42 Å². The van der Waals surface area contributed by atoms with Crippen LogP contribution in [-0.4, -0.2) is 55.7 Å². The molecule has 0 aliphatic carbocycles. The van der Waals surface area contributed by atoms with Crippen molar-refractivity contribution >= 4 is 9.84 Å². The lowest BCUT2D eigenvalue weighted by Crippen LogP contribution is -2.49. The third-order valence-corrected chi connectivity index (χ3v) is 5.54. The molecule has 4 nitrogen and oxygen atoms in total. The van der Waals surface area contributed by atoms with Gasteiger partial charge >= 0.3 is 0 Å². The summed E-state index contributed by atoms with van der Waals surface area (Å²) in [7, 11) is -2.78. The minimum absolute atomic E-state index is 0.0791. The number of fused-ring (bicyclic) bond motifs is 2. The zero-order valence-electron chi connectivity index (χ0n) is 11.7. The first kappa shape index (κ1) is 14.3. The Hall–Kier alpha value is -0.130. The molecule has 0 amide bonds. The average molecular weight is 275 g/mol. The molecule has 2 saturated heterocycles. The SMILES string of the molecule is CC(C)(C)OCCCN1C2CCC1CS(=O)(=O)C2. The minimum atomic E-state index is -2.78. The Morgan fingerprint density at radius 3 is 2.22 bits per heavy atom. The number of rotatable bonds is 4. The van der Waals surface area contributed by atoms with Crippen LogP contribution >= 0.6 is 0 Å². The van der Waals surface area contributed by atoms with Crippen molar-refractivity contribution in [3.63, 3.8) is 0 Å². The summed E-state index contributed by atoms with van der Waals surface area (Å²) in [6, 6.07) is 0.534. The predicted octanol–water partition coefficient (Wildman–Crippen LogP) is 1.45. The van der Waals surface area contributed by atoms with Crippen molar-refractivity contribution in [2.24, 2.45) is 0 Å². The Labute approximate surface area is 111 Å². The molecule has 0 radical (unpaired) electrons. The first-order valence-corrected chi connectivity index (χ1v) is 8.69. The van der Waals surface area contributed by atoms with Gasteiger partial charge in [-0.05, 0) is 40.0 Å². The van der Waals surface area contributed by atoms with Gasteiger partial charge in [0.15, 0.2) is 9.84 Å². The molecule has 18 heavy (non-hydrogen) atoms. The summed E-state index contributed by atoms with van der Waals surface area (Å²) in [6.45, 7) is 7.91. The molecule has 0 N–H and O–H groups in total. The van der Waals surface area contributed by atoms with Crippen LogP contribution in [-0.2, 0) is 14.6 Å². The highest BCUT2D eigenvalue weighted by Gasteiger charge is 2.42. The van der Waals surface area contributed by atoms with E-state index in [2.05, 4.69) is 25.7 Å². The van der Waals surface area contributed by atoms with E-state index in [1.54, 1.807) is 0 Å². The molecule has 2 heterocycles. The standard InChI is InChI=1S/C13H25NO3S/c1-13(2,3)17-8-4-7-14-11-5-6-12(14)10-18(15,16)9-11/h11-12H,4-10H2,1-3H3. The topological polar surface area (TPSA) is 46.6 Å². The van der Waals surface area contributed by atoms with Gasteiger partial charge in [0, 0.05) is 25.2 Å². The van der Waals surface area contributed by atoms with E-state index in [-0.39, 0.29) is 17.7 Å². The molecule has 0 aromatic rings. The van der Waals surface area contributed by atoms with Gasteiger partial charge in [0.25, 0.3) is 0 Å². The monoisotopic (exact) mass is 275 g/mol. The van der Waals surface area contributed by atoms with Crippen LogP contribution in [0.1, 0.15) is 40.0 Å². The largest absolute Gasteiger partial charge is 0.376 e. The van der Waals surface area contributed by atoms with Crippen molar-refractivity contribution in [3.05, 3.63) is 0 Å². The molecule has 2 aliphatic rings. The number of ether oxygens (including phenoxy) is 1. The fraction of sp³-hybridized carbons (Fsp3) is 1.00. The Morgan fingerprint density at radius 2 is 1.72 bits per heavy atom. The van der Waals surface area contributed by atoms with Gasteiger partial charge in [-0.3, -0.25) is 4.90 Å². The maximum atomic E-state index is 11.7. The van der Waals surface area contributed by atoms with E-state index >= 15 is 0 Å². The quantitative estimate of drug-likeness (QED) is 0.729. The highest BCUT2D eigenvalue weighted by atomic mass is 32.2. The van der Waals surface area contributed by atoms with Crippen LogP contribution in [0.15, 0.2) is 0 Å². The van der Waals surface area contributed by atoms with Crippen molar-refractivity contribution < 1.29 is 13.2 Å². The summed E-state index contributed by atoms with van der Waals surface area (Å²) in [5, 5.41) is 0. The van der Waals surface area contributed by atoms with Crippen LogP contribution in [0.2, 0.25) is 0 Å². The molecule has 0 aromatic heterocycles. The van der Waals surface area contributed by atoms with Crippen molar-refractivity contribution in [1.82, 2.24) is 4.90 Å². The highest BCUT2D eigenvalue weighted by molar-refractivity contribution is 7.91. The van der Waals surface area contributed by atoms with Crippen LogP contribution in [0.4, 0.5) is 0 Å². The Morgan fingerprint density at radius 1 is 1.17 bits per heavy atom. The van der Waals surface area contributed by atoms with E-state index in [4.69, 9.17) is 4.74 Å². The van der Waals surface area contributed by atoms with Gasteiger partial charge in [0.2, 0.25) is 0 Å². The van der Waals surface area contributed by atoms with E-state index in [0.717, 1.165) is 32.4 Å². The molecule has 2 fully saturated rings. The molecule has 0 saturated carbocycles. The molecular weight excluding hydrogens is 250 g/mol. The Kier molecular flexibility index (Phi) is 4.04. The molecule has 106 valence electrons. The Balaban J connectivity index is 1.78. The van der Waals surface area contributed by atoms with Gasteiger partial charge in [0.05, 0.1) is 17.1 Å². The fourth-order valence-electron chi connectivity index (χ4n) is 3.02. The molecule has 2 unspecified atom stereocenters. The van der Waals surface area contributed by atoms with E-state index in [1.807, 2.05) is 0 Å². The Bertz CT molecular complexity index is 366. The minimum Gasteiger partial charge on any atom is -0.376 e. The molecule has 0 spiro atoms. The van der Waals surface area contributed by atoms with E-state index in [9.17, 15) is 8.42 Å². The van der Waals surface area contributed by atoms with Crippen molar-refractivity contribution in [1.29, 1.82) is 0 Å². The van der Waals surface area contributed by atoms with Crippen LogP contribution in [0.3, 0.4) is 0 Å². The van der Waals surface area contributed by atoms with E-state index in [0.29, 0.717) is 11.5 Å². The zero-order valence-corrected chi connectivity index (χ0v) is 12.5. The third kappa shape index (κ3) is 3.68. The second kappa shape index (κ2) is 5.10. The summed E-state index contributed by atoms with van der Waals surface area (Å²) >= 11 is 0. The second-order valence-electron chi connectivity index (χ2n) is 6.51. The van der Waals surface area contributed by atoms with E-state index in [1.165, 1.54) is 0 Å². The predicted molar refractivity (Wildman–Crippen MR) is 72.5 cm³/mol. The third-order valence-electron chi connectivity index (χ3n) is 3.76. The molecule has 2 rings (SSSR count). The zero-order chi connectivity index (χ0) is 13.4. The van der Waals surface area contributed by atoms with Crippen LogP contribution < -0.4 is 0 Å². The van der Waals surface area contributed by atoms with Gasteiger partial charge in [-0.1, -0.05) is 0 Å². The maximum absolute atomic E-state index is 11.7. The lowest BCUT2D eigenvalue weighted by molar-refractivity contribution is -0.00810. The normalized spacial score (nSPS) is 31.7.